The normalized spacial score (nSPS) is 15.9. The zero-order chi connectivity index (χ0) is 19.7. The Hall–Kier alpha value is -3.41. The first-order valence-corrected chi connectivity index (χ1v) is 8.44. The molecule has 1 heterocycles. The van der Waals surface area contributed by atoms with Crippen molar-refractivity contribution in [2.45, 2.75) is 20.8 Å². The SMILES string of the molecule is COc1ccc(C=C2C(=O)NC(=O)N(c3cc(C)cc(C)c3)C2=O)c(C)c1. The van der Waals surface area contributed by atoms with Gasteiger partial charge in [0, 0.05) is 0 Å². The van der Waals surface area contributed by atoms with Crippen LogP contribution in [0, 0.1) is 20.8 Å². The smallest absolute Gasteiger partial charge is 0.335 e. The molecule has 27 heavy (non-hydrogen) atoms. The van der Waals surface area contributed by atoms with Crippen molar-refractivity contribution < 1.29 is 19.1 Å². The summed E-state index contributed by atoms with van der Waals surface area (Å²) in [7, 11) is 1.57. The number of nitrogens with one attached hydrogen (secondary N) is 1. The molecule has 0 aliphatic carbocycles. The number of rotatable bonds is 3. The van der Waals surface area contributed by atoms with Crippen molar-refractivity contribution in [3.63, 3.8) is 0 Å². The third-order valence-electron chi connectivity index (χ3n) is 4.34. The average molecular weight is 364 g/mol. The molecule has 1 saturated heterocycles. The second kappa shape index (κ2) is 7.07. The lowest BCUT2D eigenvalue weighted by atomic mass is 10.0. The molecule has 0 saturated carbocycles. The molecule has 0 spiro atoms. The van der Waals surface area contributed by atoms with Crippen LogP contribution in [0.15, 0.2) is 42.0 Å². The lowest BCUT2D eigenvalue weighted by molar-refractivity contribution is -0.122. The summed E-state index contributed by atoms with van der Waals surface area (Å²) in [5, 5.41) is 2.24. The standard InChI is InChI=1S/C21H20N2O4/c1-12-7-13(2)9-16(8-12)23-20(25)18(19(24)22-21(23)26)11-15-5-6-17(27-4)10-14(15)3/h5-11H,1-4H3,(H,22,24,26). The van der Waals surface area contributed by atoms with Gasteiger partial charge >= 0.3 is 6.03 Å². The Bertz CT molecular complexity index is 971. The van der Waals surface area contributed by atoms with E-state index in [0.717, 1.165) is 21.6 Å². The van der Waals surface area contributed by atoms with E-state index in [2.05, 4.69) is 5.32 Å². The Balaban J connectivity index is 2.05. The fraction of sp³-hybridized carbons (Fsp3) is 0.190. The molecule has 1 N–H and O–H groups in total. The Morgan fingerprint density at radius 3 is 2.22 bits per heavy atom. The summed E-state index contributed by atoms with van der Waals surface area (Å²) < 4.78 is 5.17. The number of anilines is 1. The number of urea groups is 1. The van der Waals surface area contributed by atoms with Gasteiger partial charge in [-0.1, -0.05) is 12.1 Å². The molecule has 0 atom stereocenters. The molecule has 6 nitrogen and oxygen atoms in total. The van der Waals surface area contributed by atoms with Crippen LogP contribution in [0.1, 0.15) is 22.3 Å². The number of carbonyl (C=O) groups is 3. The Morgan fingerprint density at radius 1 is 0.963 bits per heavy atom. The number of hydrogen-bond acceptors (Lipinski definition) is 4. The van der Waals surface area contributed by atoms with Gasteiger partial charge < -0.3 is 4.74 Å². The monoisotopic (exact) mass is 364 g/mol. The van der Waals surface area contributed by atoms with Gasteiger partial charge in [0.25, 0.3) is 11.8 Å². The fourth-order valence-electron chi connectivity index (χ4n) is 3.06. The molecular formula is C21H20N2O4. The zero-order valence-corrected chi connectivity index (χ0v) is 15.6. The fourth-order valence-corrected chi connectivity index (χ4v) is 3.06. The topological polar surface area (TPSA) is 75.7 Å². The van der Waals surface area contributed by atoms with Gasteiger partial charge in [0.05, 0.1) is 12.8 Å². The quantitative estimate of drug-likeness (QED) is 0.670. The van der Waals surface area contributed by atoms with Crippen molar-refractivity contribution in [1.29, 1.82) is 0 Å². The summed E-state index contributed by atoms with van der Waals surface area (Å²) in [6, 6.07) is 9.98. The van der Waals surface area contributed by atoms with Crippen LogP contribution >= 0.6 is 0 Å². The van der Waals surface area contributed by atoms with Crippen molar-refractivity contribution in [1.82, 2.24) is 5.32 Å². The zero-order valence-electron chi connectivity index (χ0n) is 15.6. The van der Waals surface area contributed by atoms with E-state index in [-0.39, 0.29) is 5.57 Å². The highest BCUT2D eigenvalue weighted by molar-refractivity contribution is 6.39. The number of methoxy groups -OCH3 is 1. The van der Waals surface area contributed by atoms with Crippen LogP contribution in [0.25, 0.3) is 6.08 Å². The maximum absolute atomic E-state index is 13.0. The van der Waals surface area contributed by atoms with E-state index in [1.165, 1.54) is 6.08 Å². The van der Waals surface area contributed by atoms with Gasteiger partial charge in [0.2, 0.25) is 0 Å². The third-order valence-corrected chi connectivity index (χ3v) is 4.34. The molecule has 138 valence electrons. The summed E-state index contributed by atoms with van der Waals surface area (Å²) in [5.74, 6) is -0.675. The van der Waals surface area contributed by atoms with E-state index in [4.69, 9.17) is 4.74 Å². The number of benzene rings is 2. The predicted molar refractivity (Wildman–Crippen MR) is 103 cm³/mol. The number of hydrogen-bond donors (Lipinski definition) is 1. The van der Waals surface area contributed by atoms with E-state index in [0.29, 0.717) is 17.0 Å². The minimum atomic E-state index is -0.751. The molecule has 2 aromatic rings. The Kier molecular flexibility index (Phi) is 4.81. The lowest BCUT2D eigenvalue weighted by Crippen LogP contribution is -2.54. The summed E-state index contributed by atoms with van der Waals surface area (Å²) in [6.45, 7) is 5.61. The van der Waals surface area contributed by atoms with Gasteiger partial charge in [0.15, 0.2) is 0 Å². The van der Waals surface area contributed by atoms with E-state index >= 15 is 0 Å². The van der Waals surface area contributed by atoms with Crippen LogP contribution in [-0.2, 0) is 9.59 Å². The van der Waals surface area contributed by atoms with Crippen LogP contribution in [0.2, 0.25) is 0 Å². The molecule has 0 radical (unpaired) electrons. The number of nitrogens with zero attached hydrogens (tertiary/aromatic N) is 1. The molecule has 1 aliphatic heterocycles. The summed E-state index contributed by atoms with van der Waals surface area (Å²) >= 11 is 0. The maximum atomic E-state index is 13.0. The van der Waals surface area contributed by atoms with E-state index < -0.39 is 17.8 Å². The first-order chi connectivity index (χ1) is 12.8. The summed E-state index contributed by atoms with van der Waals surface area (Å²) in [4.78, 5) is 38.6. The summed E-state index contributed by atoms with van der Waals surface area (Å²) in [5.41, 5.74) is 3.71. The lowest BCUT2D eigenvalue weighted by Gasteiger charge is -2.27. The average Bonchev–Trinajstić information content (AvgIpc) is 2.58. The first-order valence-electron chi connectivity index (χ1n) is 8.44. The van der Waals surface area contributed by atoms with Gasteiger partial charge in [-0.25, -0.2) is 9.69 Å². The van der Waals surface area contributed by atoms with E-state index in [9.17, 15) is 14.4 Å². The highest BCUT2D eigenvalue weighted by Crippen LogP contribution is 2.25. The molecule has 0 unspecified atom stereocenters. The third kappa shape index (κ3) is 3.60. The van der Waals surface area contributed by atoms with Gasteiger partial charge in [-0.05, 0) is 73.4 Å². The van der Waals surface area contributed by atoms with Crippen LogP contribution in [0.5, 0.6) is 5.75 Å². The molecule has 2 aromatic carbocycles. The number of aryl methyl sites for hydroxylation is 3. The number of imide groups is 2. The van der Waals surface area contributed by atoms with Gasteiger partial charge in [0.1, 0.15) is 11.3 Å². The van der Waals surface area contributed by atoms with E-state index in [1.807, 2.05) is 32.9 Å². The van der Waals surface area contributed by atoms with E-state index in [1.54, 1.807) is 31.4 Å². The van der Waals surface area contributed by atoms with Crippen molar-refractivity contribution in [2.75, 3.05) is 12.0 Å². The Labute approximate surface area is 157 Å². The largest absolute Gasteiger partial charge is 0.497 e. The molecular weight excluding hydrogens is 344 g/mol. The first kappa shape index (κ1) is 18.4. The molecule has 3 rings (SSSR count). The van der Waals surface area contributed by atoms with Crippen molar-refractivity contribution in [3.8, 4) is 5.75 Å². The summed E-state index contributed by atoms with van der Waals surface area (Å²) in [6.07, 6.45) is 1.49. The molecule has 1 fully saturated rings. The molecule has 1 aliphatic rings. The van der Waals surface area contributed by atoms with Gasteiger partial charge in [-0.2, -0.15) is 0 Å². The van der Waals surface area contributed by atoms with Crippen molar-refractivity contribution in [2.24, 2.45) is 0 Å². The number of barbiturate groups is 1. The van der Waals surface area contributed by atoms with Gasteiger partial charge in [-0.3, -0.25) is 14.9 Å². The van der Waals surface area contributed by atoms with Crippen molar-refractivity contribution >= 4 is 29.6 Å². The predicted octanol–water partition coefficient (Wildman–Crippen LogP) is 3.29. The number of carbonyl (C=O) groups excluding carboxylic acids is 3. The van der Waals surface area contributed by atoms with Crippen LogP contribution in [-0.4, -0.2) is 25.0 Å². The van der Waals surface area contributed by atoms with Crippen molar-refractivity contribution in [3.05, 3.63) is 64.2 Å². The van der Waals surface area contributed by atoms with Crippen LogP contribution in [0.3, 0.4) is 0 Å². The number of amides is 4. The highest BCUT2D eigenvalue weighted by atomic mass is 16.5. The highest BCUT2D eigenvalue weighted by Gasteiger charge is 2.37. The number of ether oxygens (including phenoxy) is 1. The molecule has 0 bridgehead atoms. The van der Waals surface area contributed by atoms with Crippen LogP contribution in [0.4, 0.5) is 10.5 Å². The maximum Gasteiger partial charge on any atom is 0.335 e. The van der Waals surface area contributed by atoms with Crippen LogP contribution < -0.4 is 15.0 Å². The second-order valence-corrected chi connectivity index (χ2v) is 6.53. The second-order valence-electron chi connectivity index (χ2n) is 6.53. The minimum absolute atomic E-state index is 0.0953. The molecule has 0 aromatic heterocycles. The van der Waals surface area contributed by atoms with Gasteiger partial charge in [-0.15, -0.1) is 0 Å². The molecule has 4 amide bonds. The molecule has 6 heteroatoms. The minimum Gasteiger partial charge on any atom is -0.497 e. The Morgan fingerprint density at radius 2 is 1.63 bits per heavy atom.